The number of nitrogens with zero attached hydrogens (tertiary/aromatic N) is 3. The van der Waals surface area contributed by atoms with Gasteiger partial charge in [-0.05, 0) is 24.1 Å². The number of pyridine rings is 1. The number of carbonyl (C=O) groups is 1. The van der Waals surface area contributed by atoms with E-state index in [1.165, 1.54) is 6.33 Å². The molecule has 0 atom stereocenters. The molecule has 0 unspecified atom stereocenters. The van der Waals surface area contributed by atoms with Crippen molar-refractivity contribution >= 4 is 17.0 Å². The van der Waals surface area contributed by atoms with E-state index in [-0.39, 0.29) is 6.42 Å². The van der Waals surface area contributed by atoms with E-state index < -0.39 is 5.97 Å². The first kappa shape index (κ1) is 12.3. The van der Waals surface area contributed by atoms with Gasteiger partial charge in [-0.15, -0.1) is 0 Å². The highest BCUT2D eigenvalue weighted by molar-refractivity contribution is 5.93. The first-order valence-corrected chi connectivity index (χ1v) is 6.19. The van der Waals surface area contributed by atoms with Crippen LogP contribution in [0.25, 0.3) is 22.3 Å². The summed E-state index contributed by atoms with van der Waals surface area (Å²) in [6.07, 6.45) is 7.23. The maximum atomic E-state index is 10.7. The average Bonchev–Trinajstić information content (AvgIpc) is 2.89. The topological polar surface area (TPSA) is 91.8 Å². The molecule has 3 aromatic rings. The monoisotopic (exact) mass is 268 g/mol. The lowest BCUT2D eigenvalue weighted by Crippen LogP contribution is -1.97. The lowest BCUT2D eigenvalue weighted by molar-refractivity contribution is -0.136. The van der Waals surface area contributed by atoms with Gasteiger partial charge in [0.25, 0.3) is 0 Å². The van der Waals surface area contributed by atoms with Crippen molar-refractivity contribution in [3.05, 3.63) is 42.6 Å². The second-order valence-electron chi connectivity index (χ2n) is 4.40. The minimum Gasteiger partial charge on any atom is -0.481 e. The van der Waals surface area contributed by atoms with Crippen molar-refractivity contribution in [3.8, 4) is 11.3 Å². The molecule has 0 spiro atoms. The van der Waals surface area contributed by atoms with Gasteiger partial charge < -0.3 is 10.1 Å². The van der Waals surface area contributed by atoms with E-state index in [9.17, 15) is 4.79 Å². The predicted molar refractivity (Wildman–Crippen MR) is 73.1 cm³/mol. The van der Waals surface area contributed by atoms with E-state index in [1.807, 2.05) is 12.1 Å². The Bertz CT molecular complexity index is 752. The van der Waals surface area contributed by atoms with E-state index in [4.69, 9.17) is 5.11 Å². The van der Waals surface area contributed by atoms with Crippen LogP contribution in [0.3, 0.4) is 0 Å². The molecule has 0 fully saturated rings. The van der Waals surface area contributed by atoms with Crippen LogP contribution in [0, 0.1) is 0 Å². The number of H-pyrrole nitrogens is 1. The number of fused-ring (bicyclic) bond motifs is 1. The van der Waals surface area contributed by atoms with Gasteiger partial charge >= 0.3 is 5.97 Å². The summed E-state index contributed by atoms with van der Waals surface area (Å²) in [6.45, 7) is 0. The highest BCUT2D eigenvalue weighted by Crippen LogP contribution is 2.28. The number of nitrogens with one attached hydrogen (secondary N) is 1. The molecule has 100 valence electrons. The summed E-state index contributed by atoms with van der Waals surface area (Å²) in [5.74, 6) is -0.820. The van der Waals surface area contributed by atoms with E-state index >= 15 is 0 Å². The van der Waals surface area contributed by atoms with Crippen LogP contribution in [0.4, 0.5) is 0 Å². The third-order valence-electron chi connectivity index (χ3n) is 3.09. The molecule has 0 saturated heterocycles. The smallest absolute Gasteiger partial charge is 0.303 e. The van der Waals surface area contributed by atoms with Crippen molar-refractivity contribution < 1.29 is 9.90 Å². The van der Waals surface area contributed by atoms with Crippen molar-refractivity contribution in [1.82, 2.24) is 19.9 Å². The van der Waals surface area contributed by atoms with Crippen molar-refractivity contribution in [3.63, 3.8) is 0 Å². The summed E-state index contributed by atoms with van der Waals surface area (Å²) in [6, 6.07) is 3.76. The molecule has 0 radical (unpaired) electrons. The minimum atomic E-state index is -0.820. The van der Waals surface area contributed by atoms with Crippen LogP contribution in [0.5, 0.6) is 0 Å². The number of aryl methyl sites for hydroxylation is 1. The molecular weight excluding hydrogens is 256 g/mol. The molecule has 6 nitrogen and oxygen atoms in total. The number of aliphatic carboxylic acids is 1. The van der Waals surface area contributed by atoms with Crippen LogP contribution >= 0.6 is 0 Å². The predicted octanol–water partition coefficient (Wildman–Crippen LogP) is 2.04. The first-order chi connectivity index (χ1) is 9.75. The molecule has 20 heavy (non-hydrogen) atoms. The second-order valence-corrected chi connectivity index (χ2v) is 4.40. The van der Waals surface area contributed by atoms with Gasteiger partial charge in [0.15, 0.2) is 0 Å². The Morgan fingerprint density at radius 3 is 3.00 bits per heavy atom. The molecular formula is C14H12N4O2. The van der Waals surface area contributed by atoms with Crippen molar-refractivity contribution in [2.45, 2.75) is 12.8 Å². The molecule has 0 aromatic carbocycles. The number of carboxylic acid groups (broad SMARTS) is 1. The Labute approximate surface area is 114 Å². The van der Waals surface area contributed by atoms with Gasteiger partial charge in [0.2, 0.25) is 0 Å². The summed E-state index contributed by atoms with van der Waals surface area (Å²) in [5.41, 5.74) is 3.27. The fourth-order valence-corrected chi connectivity index (χ4v) is 2.19. The summed E-state index contributed by atoms with van der Waals surface area (Å²) < 4.78 is 0. The van der Waals surface area contributed by atoms with Gasteiger partial charge in [-0.25, -0.2) is 9.97 Å². The van der Waals surface area contributed by atoms with E-state index in [0.717, 1.165) is 22.2 Å². The summed E-state index contributed by atoms with van der Waals surface area (Å²) in [4.78, 5) is 26.4. The van der Waals surface area contributed by atoms with Gasteiger partial charge in [0.1, 0.15) is 12.0 Å². The van der Waals surface area contributed by atoms with Crippen LogP contribution in [-0.2, 0) is 11.2 Å². The van der Waals surface area contributed by atoms with Crippen molar-refractivity contribution in [1.29, 1.82) is 0 Å². The van der Waals surface area contributed by atoms with E-state index in [0.29, 0.717) is 12.1 Å². The van der Waals surface area contributed by atoms with E-state index in [1.54, 1.807) is 18.6 Å². The van der Waals surface area contributed by atoms with Crippen LogP contribution in [0.15, 0.2) is 37.1 Å². The first-order valence-electron chi connectivity index (χ1n) is 6.19. The van der Waals surface area contributed by atoms with Gasteiger partial charge in [0.05, 0.1) is 5.69 Å². The quantitative estimate of drug-likeness (QED) is 0.755. The maximum Gasteiger partial charge on any atom is 0.303 e. The zero-order valence-corrected chi connectivity index (χ0v) is 10.6. The van der Waals surface area contributed by atoms with Crippen LogP contribution in [0.1, 0.15) is 12.0 Å². The number of aromatic nitrogens is 4. The molecule has 3 heterocycles. The average molecular weight is 268 g/mol. The molecule has 6 heteroatoms. The summed E-state index contributed by atoms with van der Waals surface area (Å²) in [7, 11) is 0. The Balaban J connectivity index is 2.12. The van der Waals surface area contributed by atoms with Crippen molar-refractivity contribution in [2.24, 2.45) is 0 Å². The highest BCUT2D eigenvalue weighted by Gasteiger charge is 2.13. The normalized spacial score (nSPS) is 10.8. The lowest BCUT2D eigenvalue weighted by Gasteiger charge is -2.03. The van der Waals surface area contributed by atoms with Gasteiger partial charge in [-0.3, -0.25) is 9.78 Å². The summed E-state index contributed by atoms with van der Waals surface area (Å²) >= 11 is 0. The highest BCUT2D eigenvalue weighted by atomic mass is 16.4. The Hall–Kier alpha value is -2.76. The third-order valence-corrected chi connectivity index (χ3v) is 3.09. The van der Waals surface area contributed by atoms with Crippen LogP contribution < -0.4 is 0 Å². The standard InChI is InChI=1S/C14H12N4O2/c19-11(20)4-3-9-7-16-14-12(9)13(17-8-18-14)10-2-1-5-15-6-10/h1-2,5-8H,3-4H2,(H,19,20)(H,16,17,18). The molecule has 0 aliphatic heterocycles. The summed E-state index contributed by atoms with van der Waals surface area (Å²) in [5, 5.41) is 9.68. The Morgan fingerprint density at radius 2 is 2.25 bits per heavy atom. The van der Waals surface area contributed by atoms with Gasteiger partial charge in [-0.1, -0.05) is 0 Å². The second kappa shape index (κ2) is 5.08. The number of hydrogen-bond donors (Lipinski definition) is 2. The number of hydrogen-bond acceptors (Lipinski definition) is 4. The molecule has 2 N–H and O–H groups in total. The van der Waals surface area contributed by atoms with Gasteiger partial charge in [0, 0.05) is 36.0 Å². The fourth-order valence-electron chi connectivity index (χ4n) is 2.19. The number of carboxylic acids is 1. The molecule has 3 aromatic heterocycles. The van der Waals surface area contributed by atoms with Crippen LogP contribution in [0.2, 0.25) is 0 Å². The number of aromatic amines is 1. The third kappa shape index (κ3) is 2.23. The van der Waals surface area contributed by atoms with E-state index in [2.05, 4.69) is 19.9 Å². The zero-order valence-electron chi connectivity index (χ0n) is 10.6. The maximum absolute atomic E-state index is 10.7. The molecule has 0 saturated carbocycles. The fraction of sp³-hybridized carbons (Fsp3) is 0.143. The molecule has 0 amide bonds. The largest absolute Gasteiger partial charge is 0.481 e. The zero-order chi connectivity index (χ0) is 13.9. The number of rotatable bonds is 4. The SMILES string of the molecule is O=C(O)CCc1c[nH]c2ncnc(-c3cccnc3)c12. The van der Waals surface area contributed by atoms with Crippen LogP contribution in [-0.4, -0.2) is 31.0 Å². The van der Waals surface area contributed by atoms with Gasteiger partial charge in [-0.2, -0.15) is 0 Å². The Kier molecular flexibility index (Phi) is 3.12. The lowest BCUT2D eigenvalue weighted by atomic mass is 10.1. The molecule has 0 bridgehead atoms. The molecule has 0 aliphatic carbocycles. The minimum absolute atomic E-state index is 0.0777. The molecule has 0 aliphatic rings. The Morgan fingerprint density at radius 1 is 1.35 bits per heavy atom. The van der Waals surface area contributed by atoms with Crippen molar-refractivity contribution in [2.75, 3.05) is 0 Å². The molecule has 3 rings (SSSR count).